The van der Waals surface area contributed by atoms with E-state index in [-0.39, 0.29) is 0 Å². The molecule has 4 nitrogen and oxygen atoms in total. The molecule has 2 unspecified atom stereocenters. The van der Waals surface area contributed by atoms with Crippen LogP contribution in [-0.4, -0.2) is 38.6 Å². The Hall–Kier alpha value is -1.13. The van der Waals surface area contributed by atoms with Crippen molar-refractivity contribution in [2.24, 2.45) is 0 Å². The van der Waals surface area contributed by atoms with Crippen LogP contribution in [0.4, 0.5) is 0 Å². The van der Waals surface area contributed by atoms with E-state index in [1.807, 2.05) is 12.4 Å². The van der Waals surface area contributed by atoms with Gasteiger partial charge in [0.2, 0.25) is 0 Å². The molecule has 0 aromatic carbocycles. The summed E-state index contributed by atoms with van der Waals surface area (Å²) in [6.45, 7) is 0. The van der Waals surface area contributed by atoms with Crippen molar-refractivity contribution in [1.82, 2.24) is 19.4 Å². The fourth-order valence-electron chi connectivity index (χ4n) is 4.30. The molecule has 2 fully saturated rings. The molecular formula is C16H21ClN4. The zero-order valence-electron chi connectivity index (χ0n) is 12.4. The number of pyridine rings is 1. The Bertz CT molecular complexity index is 639. The zero-order valence-corrected chi connectivity index (χ0v) is 13.1. The molecule has 0 radical (unpaired) electrons. The Morgan fingerprint density at radius 2 is 2.00 bits per heavy atom. The highest BCUT2D eigenvalue weighted by Crippen LogP contribution is 2.40. The Labute approximate surface area is 130 Å². The molecule has 2 aromatic heterocycles. The van der Waals surface area contributed by atoms with Crippen LogP contribution in [0.1, 0.15) is 44.0 Å². The highest BCUT2D eigenvalue weighted by Gasteiger charge is 2.37. The molecular weight excluding hydrogens is 284 g/mol. The predicted molar refractivity (Wildman–Crippen MR) is 84.5 cm³/mol. The van der Waals surface area contributed by atoms with Gasteiger partial charge in [-0.25, -0.2) is 4.98 Å². The maximum atomic E-state index is 6.16. The van der Waals surface area contributed by atoms with E-state index in [9.17, 15) is 0 Å². The topological polar surface area (TPSA) is 34.0 Å². The van der Waals surface area contributed by atoms with E-state index < -0.39 is 0 Å². The molecule has 5 heteroatoms. The molecule has 4 heterocycles. The van der Waals surface area contributed by atoms with Crippen molar-refractivity contribution in [2.75, 3.05) is 7.05 Å². The number of fused-ring (bicyclic) bond motifs is 3. The van der Waals surface area contributed by atoms with Crippen LogP contribution >= 0.6 is 11.6 Å². The van der Waals surface area contributed by atoms with Crippen LogP contribution in [-0.2, 0) is 5.88 Å². The Balaban J connectivity index is 1.76. The number of imidazole rings is 1. The van der Waals surface area contributed by atoms with Crippen molar-refractivity contribution >= 4 is 22.6 Å². The summed E-state index contributed by atoms with van der Waals surface area (Å²) >= 11 is 6.16. The molecule has 112 valence electrons. The monoisotopic (exact) mass is 304 g/mol. The third-order valence-electron chi connectivity index (χ3n) is 5.36. The number of alkyl halides is 1. The molecule has 2 aliphatic heterocycles. The van der Waals surface area contributed by atoms with E-state index in [0.717, 1.165) is 11.3 Å². The van der Waals surface area contributed by atoms with Gasteiger partial charge >= 0.3 is 0 Å². The van der Waals surface area contributed by atoms with Crippen molar-refractivity contribution in [3.05, 3.63) is 24.3 Å². The lowest BCUT2D eigenvalue weighted by Crippen LogP contribution is -2.50. The van der Waals surface area contributed by atoms with Crippen molar-refractivity contribution in [3.63, 3.8) is 0 Å². The Morgan fingerprint density at radius 1 is 1.24 bits per heavy atom. The van der Waals surface area contributed by atoms with E-state index >= 15 is 0 Å². The molecule has 0 saturated carbocycles. The van der Waals surface area contributed by atoms with E-state index in [2.05, 4.69) is 32.5 Å². The molecule has 0 amide bonds. The summed E-state index contributed by atoms with van der Waals surface area (Å²) < 4.78 is 2.39. The van der Waals surface area contributed by atoms with E-state index in [0.29, 0.717) is 24.0 Å². The van der Waals surface area contributed by atoms with Crippen LogP contribution in [0, 0.1) is 0 Å². The summed E-state index contributed by atoms with van der Waals surface area (Å²) in [7, 11) is 2.29. The zero-order chi connectivity index (χ0) is 14.4. The summed E-state index contributed by atoms with van der Waals surface area (Å²) in [5, 5.41) is 0. The first-order chi connectivity index (χ1) is 10.3. The average molecular weight is 305 g/mol. The second-order valence-electron chi connectivity index (χ2n) is 6.43. The first kappa shape index (κ1) is 13.5. The number of halogens is 1. The second-order valence-corrected chi connectivity index (χ2v) is 6.69. The molecule has 2 atom stereocenters. The molecule has 0 aliphatic carbocycles. The summed E-state index contributed by atoms with van der Waals surface area (Å²) in [6.07, 6.45) is 10.2. The van der Waals surface area contributed by atoms with E-state index in [4.69, 9.17) is 11.6 Å². The van der Waals surface area contributed by atoms with Gasteiger partial charge in [0.25, 0.3) is 0 Å². The fraction of sp³-hybridized carbons (Fsp3) is 0.625. The van der Waals surface area contributed by atoms with Gasteiger partial charge in [0.05, 0.1) is 17.6 Å². The number of hydrogen-bond acceptors (Lipinski definition) is 3. The standard InChI is InChI=1S/C16H21ClN4/c1-20-11-3-2-4-12(20)8-13(7-11)21-15-5-6-18-10-14(15)19-16(21)9-17/h5-6,10-13H,2-4,7-9H2,1H3. The molecule has 4 rings (SSSR count). The quantitative estimate of drug-likeness (QED) is 0.798. The van der Waals surface area contributed by atoms with Gasteiger partial charge in [-0.3, -0.25) is 4.98 Å². The lowest BCUT2D eigenvalue weighted by molar-refractivity contribution is 0.0404. The van der Waals surface area contributed by atoms with Crippen LogP contribution in [0.3, 0.4) is 0 Å². The maximum absolute atomic E-state index is 6.16. The molecule has 21 heavy (non-hydrogen) atoms. The normalized spacial score (nSPS) is 29.9. The van der Waals surface area contributed by atoms with Gasteiger partial charge in [0.15, 0.2) is 0 Å². The molecule has 2 aliphatic rings. The molecule has 2 aromatic rings. The average Bonchev–Trinajstić information content (AvgIpc) is 2.85. The van der Waals surface area contributed by atoms with Gasteiger partial charge in [0.1, 0.15) is 11.3 Å². The molecule has 0 spiro atoms. The van der Waals surface area contributed by atoms with Gasteiger partial charge in [-0.1, -0.05) is 6.42 Å². The van der Waals surface area contributed by atoms with Gasteiger partial charge in [-0.2, -0.15) is 0 Å². The Kier molecular flexibility index (Phi) is 3.38. The molecule has 2 bridgehead atoms. The molecule has 2 saturated heterocycles. The van der Waals surface area contributed by atoms with E-state index in [1.54, 1.807) is 0 Å². The predicted octanol–water partition coefficient (Wildman–Crippen LogP) is 3.36. The summed E-state index contributed by atoms with van der Waals surface area (Å²) in [5.41, 5.74) is 2.16. The van der Waals surface area contributed by atoms with Crippen LogP contribution < -0.4 is 0 Å². The third kappa shape index (κ3) is 2.16. The van der Waals surface area contributed by atoms with E-state index in [1.165, 1.54) is 37.6 Å². The second kappa shape index (κ2) is 5.25. The smallest absolute Gasteiger partial charge is 0.125 e. The number of piperidine rings is 2. The number of hydrogen-bond donors (Lipinski definition) is 0. The van der Waals surface area contributed by atoms with Crippen LogP contribution in [0.15, 0.2) is 18.5 Å². The Morgan fingerprint density at radius 3 is 2.71 bits per heavy atom. The minimum atomic E-state index is 0.469. The lowest BCUT2D eigenvalue weighted by atomic mass is 9.82. The summed E-state index contributed by atoms with van der Waals surface area (Å²) in [6, 6.07) is 4.03. The van der Waals surface area contributed by atoms with Gasteiger partial charge in [-0.05, 0) is 38.8 Å². The minimum absolute atomic E-state index is 0.469. The van der Waals surface area contributed by atoms with Crippen LogP contribution in [0.5, 0.6) is 0 Å². The van der Waals surface area contributed by atoms with Crippen LogP contribution in [0.2, 0.25) is 0 Å². The summed E-state index contributed by atoms with van der Waals surface area (Å²) in [5.74, 6) is 1.46. The van der Waals surface area contributed by atoms with Gasteiger partial charge in [-0.15, -0.1) is 11.6 Å². The van der Waals surface area contributed by atoms with Crippen molar-refractivity contribution in [3.8, 4) is 0 Å². The maximum Gasteiger partial charge on any atom is 0.125 e. The highest BCUT2D eigenvalue weighted by molar-refractivity contribution is 6.16. The molecule has 0 N–H and O–H groups in total. The number of aromatic nitrogens is 3. The van der Waals surface area contributed by atoms with Crippen molar-refractivity contribution in [2.45, 2.75) is 56.1 Å². The fourth-order valence-corrected chi connectivity index (χ4v) is 4.49. The van der Waals surface area contributed by atoms with Crippen LogP contribution in [0.25, 0.3) is 11.0 Å². The van der Waals surface area contributed by atoms with Crippen molar-refractivity contribution < 1.29 is 0 Å². The number of rotatable bonds is 2. The first-order valence-corrected chi connectivity index (χ1v) is 8.40. The van der Waals surface area contributed by atoms with Crippen molar-refractivity contribution in [1.29, 1.82) is 0 Å². The first-order valence-electron chi connectivity index (χ1n) is 7.86. The third-order valence-corrected chi connectivity index (χ3v) is 5.60. The summed E-state index contributed by atoms with van der Waals surface area (Å²) in [4.78, 5) is 11.5. The number of nitrogens with zero attached hydrogens (tertiary/aromatic N) is 4. The largest absolute Gasteiger partial charge is 0.324 e. The van der Waals surface area contributed by atoms with Gasteiger partial charge < -0.3 is 9.47 Å². The SMILES string of the molecule is CN1C2CCCC1CC(n1c(CCl)nc3cnccc31)C2. The minimum Gasteiger partial charge on any atom is -0.324 e. The highest BCUT2D eigenvalue weighted by atomic mass is 35.5. The lowest BCUT2D eigenvalue weighted by Gasteiger charge is -2.47. The van der Waals surface area contributed by atoms with Gasteiger partial charge in [0, 0.05) is 24.3 Å².